The summed E-state index contributed by atoms with van der Waals surface area (Å²) in [4.78, 5) is 20.5. The van der Waals surface area contributed by atoms with Gasteiger partial charge in [-0.2, -0.15) is 0 Å². The van der Waals surface area contributed by atoms with E-state index in [0.29, 0.717) is 12.1 Å². The van der Waals surface area contributed by atoms with Crippen molar-refractivity contribution in [3.63, 3.8) is 0 Å². The molecule has 0 aliphatic rings. The van der Waals surface area contributed by atoms with Crippen LogP contribution in [0.25, 0.3) is 0 Å². The van der Waals surface area contributed by atoms with Gasteiger partial charge in [-0.3, -0.25) is 14.8 Å². The predicted octanol–water partition coefficient (Wildman–Crippen LogP) is 3.16. The van der Waals surface area contributed by atoms with Crippen molar-refractivity contribution in [2.45, 2.75) is 6.54 Å². The number of nitrogens with one attached hydrogen (secondary N) is 2. The number of methoxy groups -OCH3 is 1. The molecule has 0 fully saturated rings. The number of pyridine rings is 2. The molecule has 0 bridgehead atoms. The number of benzene rings is 1. The number of aromatic nitrogens is 2. The van der Waals surface area contributed by atoms with Crippen molar-refractivity contribution < 1.29 is 9.53 Å². The van der Waals surface area contributed by atoms with E-state index in [1.165, 1.54) is 6.20 Å². The highest BCUT2D eigenvalue weighted by atomic mass is 16.5. The lowest BCUT2D eigenvalue weighted by Crippen LogP contribution is -2.23. The van der Waals surface area contributed by atoms with Gasteiger partial charge in [0.25, 0.3) is 5.91 Å². The Balaban J connectivity index is 1.67. The standard InChI is InChI=1S/C19H18N4O2/c1-25-18-6-2-5-16(9-18)23-17-8-15(12-21-13-17)19(24)22-11-14-4-3-7-20-10-14/h2-10,12-13,23H,11H2,1H3,(H,22,24). The zero-order valence-electron chi connectivity index (χ0n) is 13.8. The molecule has 2 aromatic heterocycles. The molecule has 0 saturated carbocycles. The third-order valence-electron chi connectivity index (χ3n) is 3.53. The van der Waals surface area contributed by atoms with Crippen LogP contribution in [-0.4, -0.2) is 23.0 Å². The van der Waals surface area contributed by atoms with Gasteiger partial charge < -0.3 is 15.4 Å². The van der Waals surface area contributed by atoms with E-state index in [4.69, 9.17) is 4.74 Å². The number of rotatable bonds is 6. The molecule has 0 saturated heterocycles. The number of hydrogen-bond acceptors (Lipinski definition) is 5. The molecule has 25 heavy (non-hydrogen) atoms. The Kier molecular flexibility index (Phi) is 5.21. The van der Waals surface area contributed by atoms with Crippen molar-refractivity contribution in [2.24, 2.45) is 0 Å². The van der Waals surface area contributed by atoms with Crippen molar-refractivity contribution in [3.8, 4) is 5.75 Å². The van der Waals surface area contributed by atoms with Crippen molar-refractivity contribution in [2.75, 3.05) is 12.4 Å². The second-order valence-corrected chi connectivity index (χ2v) is 5.36. The maximum absolute atomic E-state index is 12.3. The summed E-state index contributed by atoms with van der Waals surface area (Å²) in [5.41, 5.74) is 3.00. The monoisotopic (exact) mass is 334 g/mol. The summed E-state index contributed by atoms with van der Waals surface area (Å²) in [7, 11) is 1.62. The third kappa shape index (κ3) is 4.54. The lowest BCUT2D eigenvalue weighted by molar-refractivity contribution is 0.0950. The first kappa shape index (κ1) is 16.4. The van der Waals surface area contributed by atoms with Crippen LogP contribution in [0.2, 0.25) is 0 Å². The Hall–Kier alpha value is -3.41. The molecule has 0 aliphatic carbocycles. The second-order valence-electron chi connectivity index (χ2n) is 5.36. The van der Waals surface area contributed by atoms with Crippen LogP contribution in [0.3, 0.4) is 0 Å². The molecule has 6 heteroatoms. The summed E-state index contributed by atoms with van der Waals surface area (Å²) >= 11 is 0. The molecule has 3 rings (SSSR count). The first-order chi connectivity index (χ1) is 12.2. The van der Waals surface area contributed by atoms with E-state index in [-0.39, 0.29) is 5.91 Å². The number of nitrogens with zero attached hydrogens (tertiary/aromatic N) is 2. The zero-order chi connectivity index (χ0) is 17.5. The van der Waals surface area contributed by atoms with Gasteiger partial charge in [0, 0.05) is 36.9 Å². The van der Waals surface area contributed by atoms with E-state index in [0.717, 1.165) is 22.7 Å². The van der Waals surface area contributed by atoms with Crippen LogP contribution in [0.15, 0.2) is 67.3 Å². The molecule has 0 aliphatic heterocycles. The Bertz CT molecular complexity index is 853. The zero-order valence-corrected chi connectivity index (χ0v) is 13.8. The average Bonchev–Trinajstić information content (AvgIpc) is 2.67. The van der Waals surface area contributed by atoms with E-state index in [9.17, 15) is 4.79 Å². The van der Waals surface area contributed by atoms with Gasteiger partial charge in [0.05, 0.1) is 24.6 Å². The van der Waals surface area contributed by atoms with Crippen molar-refractivity contribution in [1.82, 2.24) is 15.3 Å². The van der Waals surface area contributed by atoms with Gasteiger partial charge >= 0.3 is 0 Å². The molecular formula is C19H18N4O2. The molecule has 0 radical (unpaired) electrons. The summed E-state index contributed by atoms with van der Waals surface area (Å²) in [6.07, 6.45) is 6.62. The largest absolute Gasteiger partial charge is 0.497 e. The van der Waals surface area contributed by atoms with Gasteiger partial charge in [0.1, 0.15) is 5.75 Å². The normalized spacial score (nSPS) is 10.1. The molecule has 126 valence electrons. The smallest absolute Gasteiger partial charge is 0.253 e. The van der Waals surface area contributed by atoms with E-state index in [2.05, 4.69) is 20.6 Å². The molecule has 6 nitrogen and oxygen atoms in total. The molecule has 2 N–H and O–H groups in total. The van der Waals surface area contributed by atoms with E-state index >= 15 is 0 Å². The third-order valence-corrected chi connectivity index (χ3v) is 3.53. The van der Waals surface area contributed by atoms with Crippen LogP contribution in [-0.2, 0) is 6.54 Å². The minimum absolute atomic E-state index is 0.189. The quantitative estimate of drug-likeness (QED) is 0.724. The Morgan fingerprint density at radius 3 is 2.76 bits per heavy atom. The van der Waals surface area contributed by atoms with Crippen LogP contribution >= 0.6 is 0 Å². The number of hydrogen-bond donors (Lipinski definition) is 2. The number of anilines is 2. The Morgan fingerprint density at radius 1 is 1.04 bits per heavy atom. The minimum atomic E-state index is -0.189. The fourth-order valence-electron chi connectivity index (χ4n) is 2.29. The van der Waals surface area contributed by atoms with Crippen LogP contribution in [0.1, 0.15) is 15.9 Å². The highest BCUT2D eigenvalue weighted by Gasteiger charge is 2.07. The topological polar surface area (TPSA) is 76.1 Å². The summed E-state index contributed by atoms with van der Waals surface area (Å²) in [6.45, 7) is 0.417. The number of carbonyl (C=O) groups is 1. The summed E-state index contributed by atoms with van der Waals surface area (Å²) in [5, 5.41) is 6.07. The number of amides is 1. The van der Waals surface area contributed by atoms with Crippen LogP contribution < -0.4 is 15.4 Å². The van der Waals surface area contributed by atoms with E-state index in [1.54, 1.807) is 31.8 Å². The van der Waals surface area contributed by atoms with E-state index in [1.807, 2.05) is 36.4 Å². The van der Waals surface area contributed by atoms with Gasteiger partial charge in [-0.1, -0.05) is 12.1 Å². The summed E-state index contributed by atoms with van der Waals surface area (Å²) in [5.74, 6) is 0.564. The lowest BCUT2D eigenvalue weighted by Gasteiger charge is -2.09. The maximum Gasteiger partial charge on any atom is 0.253 e. The van der Waals surface area contributed by atoms with Crippen LogP contribution in [0, 0.1) is 0 Å². The average molecular weight is 334 g/mol. The Labute approximate surface area is 145 Å². The summed E-state index contributed by atoms with van der Waals surface area (Å²) in [6, 6.07) is 13.0. The number of carbonyl (C=O) groups excluding carboxylic acids is 1. The van der Waals surface area contributed by atoms with Gasteiger partial charge in [-0.25, -0.2) is 0 Å². The second kappa shape index (κ2) is 7.92. The first-order valence-electron chi connectivity index (χ1n) is 7.78. The van der Waals surface area contributed by atoms with Gasteiger partial charge in [0.2, 0.25) is 0 Å². The molecule has 1 aromatic carbocycles. The van der Waals surface area contributed by atoms with Gasteiger partial charge in [-0.15, -0.1) is 0 Å². The molecule has 0 unspecified atom stereocenters. The molecule has 3 aromatic rings. The minimum Gasteiger partial charge on any atom is -0.497 e. The fourth-order valence-corrected chi connectivity index (χ4v) is 2.29. The highest BCUT2D eigenvalue weighted by Crippen LogP contribution is 2.21. The van der Waals surface area contributed by atoms with Crippen molar-refractivity contribution in [1.29, 1.82) is 0 Å². The highest BCUT2D eigenvalue weighted by molar-refractivity contribution is 5.94. The fraction of sp³-hybridized carbons (Fsp3) is 0.105. The Morgan fingerprint density at radius 2 is 1.96 bits per heavy atom. The molecule has 1 amide bonds. The van der Waals surface area contributed by atoms with Crippen LogP contribution in [0.4, 0.5) is 11.4 Å². The van der Waals surface area contributed by atoms with Gasteiger partial charge in [-0.05, 0) is 29.8 Å². The molecule has 0 atom stereocenters. The van der Waals surface area contributed by atoms with E-state index < -0.39 is 0 Å². The van der Waals surface area contributed by atoms with Crippen molar-refractivity contribution in [3.05, 3.63) is 78.4 Å². The molecule has 0 spiro atoms. The maximum atomic E-state index is 12.3. The van der Waals surface area contributed by atoms with Crippen LogP contribution in [0.5, 0.6) is 5.75 Å². The first-order valence-corrected chi connectivity index (χ1v) is 7.78. The predicted molar refractivity (Wildman–Crippen MR) is 95.9 cm³/mol. The number of ether oxygens (including phenoxy) is 1. The molecule has 2 heterocycles. The van der Waals surface area contributed by atoms with Gasteiger partial charge in [0.15, 0.2) is 0 Å². The lowest BCUT2D eigenvalue weighted by atomic mass is 10.2. The molecular weight excluding hydrogens is 316 g/mol. The SMILES string of the molecule is COc1cccc(Nc2cncc(C(=O)NCc3cccnc3)c2)c1. The van der Waals surface area contributed by atoms with Crippen molar-refractivity contribution >= 4 is 17.3 Å². The summed E-state index contributed by atoms with van der Waals surface area (Å²) < 4.78 is 5.20.